The predicted octanol–water partition coefficient (Wildman–Crippen LogP) is 2.26. The summed E-state index contributed by atoms with van der Waals surface area (Å²) in [5.74, 6) is -1.13. The molecule has 0 bridgehead atoms. The second kappa shape index (κ2) is 5.21. The average molecular weight is 283 g/mol. The van der Waals surface area contributed by atoms with Gasteiger partial charge in [-0.15, -0.1) is 0 Å². The van der Waals surface area contributed by atoms with E-state index in [-0.39, 0.29) is 6.61 Å². The molecule has 102 valence electrons. The summed E-state index contributed by atoms with van der Waals surface area (Å²) in [6.45, 7) is 1.93. The lowest BCUT2D eigenvalue weighted by atomic mass is 9.82. The minimum atomic E-state index is -1.34. The van der Waals surface area contributed by atoms with Crippen molar-refractivity contribution in [2.45, 2.75) is 25.2 Å². The Bertz CT molecular complexity index is 526. The molecule has 0 N–H and O–H groups in total. The number of halogens is 1. The number of carbonyl (C=O) groups excluding carboxylic acids is 2. The number of ether oxygens (including phenoxy) is 2. The molecule has 1 aromatic carbocycles. The van der Waals surface area contributed by atoms with Crippen molar-refractivity contribution in [1.82, 2.24) is 0 Å². The van der Waals surface area contributed by atoms with E-state index in [9.17, 15) is 9.59 Å². The van der Waals surface area contributed by atoms with Gasteiger partial charge in [-0.1, -0.05) is 17.7 Å². The van der Waals surface area contributed by atoms with E-state index in [1.54, 1.807) is 25.1 Å². The van der Waals surface area contributed by atoms with Crippen molar-refractivity contribution in [1.29, 1.82) is 0 Å². The summed E-state index contributed by atoms with van der Waals surface area (Å²) in [5, 5.41) is 0.586. The Morgan fingerprint density at radius 2 is 2.11 bits per heavy atom. The normalized spacial score (nSPS) is 20.8. The molecule has 1 aromatic rings. The van der Waals surface area contributed by atoms with Gasteiger partial charge in [-0.2, -0.15) is 0 Å². The zero-order valence-corrected chi connectivity index (χ0v) is 11.6. The van der Waals surface area contributed by atoms with E-state index >= 15 is 0 Å². The van der Waals surface area contributed by atoms with Gasteiger partial charge in [-0.3, -0.25) is 9.59 Å². The lowest BCUT2D eigenvalue weighted by molar-refractivity contribution is -0.163. The molecule has 0 aliphatic heterocycles. The van der Waals surface area contributed by atoms with Crippen LogP contribution in [0.15, 0.2) is 18.2 Å². The maximum Gasteiger partial charge on any atom is 0.328 e. The summed E-state index contributed by atoms with van der Waals surface area (Å²) >= 11 is 5.94. The van der Waals surface area contributed by atoms with Crippen LogP contribution in [0.3, 0.4) is 0 Å². The van der Waals surface area contributed by atoms with Gasteiger partial charge in [0.15, 0.2) is 5.41 Å². The summed E-state index contributed by atoms with van der Waals surface area (Å²) in [7, 11) is 1.28. The first kappa shape index (κ1) is 13.9. The number of hydrogen-bond acceptors (Lipinski definition) is 4. The topological polar surface area (TPSA) is 52.6 Å². The van der Waals surface area contributed by atoms with Gasteiger partial charge in [-0.05, 0) is 43.0 Å². The van der Waals surface area contributed by atoms with Crippen molar-refractivity contribution in [3.8, 4) is 0 Å². The van der Waals surface area contributed by atoms with Crippen molar-refractivity contribution in [2.24, 2.45) is 0 Å². The molecule has 1 atom stereocenters. The SMILES string of the molecule is CCOC(=O)[C@]1(C(=O)OC)CCc2cc(Cl)ccc21. The summed E-state index contributed by atoms with van der Waals surface area (Å²) in [6, 6.07) is 5.15. The molecule has 1 aliphatic rings. The summed E-state index contributed by atoms with van der Waals surface area (Å²) in [6.07, 6.45) is 0.956. The van der Waals surface area contributed by atoms with Crippen molar-refractivity contribution in [2.75, 3.05) is 13.7 Å². The van der Waals surface area contributed by atoms with Crippen LogP contribution in [0.1, 0.15) is 24.5 Å². The minimum absolute atomic E-state index is 0.223. The molecule has 0 radical (unpaired) electrons. The van der Waals surface area contributed by atoms with Gasteiger partial charge in [0.2, 0.25) is 0 Å². The van der Waals surface area contributed by atoms with E-state index in [0.717, 1.165) is 5.56 Å². The molecule has 0 saturated carbocycles. The van der Waals surface area contributed by atoms with Crippen LogP contribution in [0.2, 0.25) is 5.02 Å². The smallest absolute Gasteiger partial charge is 0.328 e. The number of fused-ring (bicyclic) bond motifs is 1. The van der Waals surface area contributed by atoms with E-state index in [2.05, 4.69) is 0 Å². The van der Waals surface area contributed by atoms with Crippen LogP contribution in [0, 0.1) is 0 Å². The second-order valence-electron chi connectivity index (χ2n) is 4.42. The van der Waals surface area contributed by atoms with Gasteiger partial charge >= 0.3 is 11.9 Å². The number of carbonyl (C=O) groups is 2. The van der Waals surface area contributed by atoms with Crippen molar-refractivity contribution in [3.05, 3.63) is 34.3 Å². The van der Waals surface area contributed by atoms with Crippen LogP contribution < -0.4 is 0 Å². The quantitative estimate of drug-likeness (QED) is 0.630. The maximum atomic E-state index is 12.3. The molecular weight excluding hydrogens is 268 g/mol. The molecule has 0 spiro atoms. The van der Waals surface area contributed by atoms with Crippen LogP contribution in [0.5, 0.6) is 0 Å². The van der Waals surface area contributed by atoms with Crippen molar-refractivity contribution in [3.63, 3.8) is 0 Å². The highest BCUT2D eigenvalue weighted by Gasteiger charge is 2.54. The zero-order valence-electron chi connectivity index (χ0n) is 10.9. The Hall–Kier alpha value is -1.55. The molecule has 0 saturated heterocycles. The van der Waals surface area contributed by atoms with Gasteiger partial charge in [0.25, 0.3) is 0 Å². The molecule has 0 amide bonds. The zero-order chi connectivity index (χ0) is 14.0. The van der Waals surface area contributed by atoms with Crippen LogP contribution in [-0.4, -0.2) is 25.7 Å². The first-order valence-corrected chi connectivity index (χ1v) is 6.48. The number of methoxy groups -OCH3 is 1. The first-order chi connectivity index (χ1) is 9.06. The molecule has 0 aromatic heterocycles. The Balaban J connectivity index is 2.54. The van der Waals surface area contributed by atoms with Crippen molar-refractivity contribution >= 4 is 23.5 Å². The third-order valence-electron chi connectivity index (χ3n) is 3.45. The summed E-state index contributed by atoms with van der Waals surface area (Å²) < 4.78 is 9.89. The Labute approximate surface area is 116 Å². The monoisotopic (exact) mass is 282 g/mol. The van der Waals surface area contributed by atoms with Gasteiger partial charge < -0.3 is 9.47 Å². The van der Waals surface area contributed by atoms with Crippen LogP contribution in [0.25, 0.3) is 0 Å². The van der Waals surface area contributed by atoms with Gasteiger partial charge in [0.05, 0.1) is 13.7 Å². The van der Waals surface area contributed by atoms with E-state index in [1.165, 1.54) is 7.11 Å². The minimum Gasteiger partial charge on any atom is -0.468 e. The molecular formula is C14H15ClO4. The molecule has 0 unspecified atom stereocenters. The van der Waals surface area contributed by atoms with Gasteiger partial charge in [-0.25, -0.2) is 0 Å². The maximum absolute atomic E-state index is 12.3. The number of benzene rings is 1. The predicted molar refractivity (Wildman–Crippen MR) is 70.1 cm³/mol. The van der Waals surface area contributed by atoms with E-state index in [1.807, 2.05) is 0 Å². The molecule has 0 fully saturated rings. The molecule has 4 nitrogen and oxygen atoms in total. The fraction of sp³-hybridized carbons (Fsp3) is 0.429. The fourth-order valence-corrected chi connectivity index (χ4v) is 2.77. The molecule has 19 heavy (non-hydrogen) atoms. The number of hydrogen-bond donors (Lipinski definition) is 0. The molecule has 1 aliphatic carbocycles. The summed E-state index contributed by atoms with van der Waals surface area (Å²) in [5.41, 5.74) is 0.193. The van der Waals surface area contributed by atoms with E-state index in [4.69, 9.17) is 21.1 Å². The molecule has 2 rings (SSSR count). The first-order valence-electron chi connectivity index (χ1n) is 6.10. The Morgan fingerprint density at radius 1 is 1.37 bits per heavy atom. The van der Waals surface area contributed by atoms with Gasteiger partial charge in [0.1, 0.15) is 0 Å². The average Bonchev–Trinajstić information content (AvgIpc) is 2.77. The van der Waals surface area contributed by atoms with Crippen LogP contribution in [0.4, 0.5) is 0 Å². The highest BCUT2D eigenvalue weighted by atomic mass is 35.5. The Morgan fingerprint density at radius 3 is 2.74 bits per heavy atom. The number of esters is 2. The highest BCUT2D eigenvalue weighted by molar-refractivity contribution is 6.30. The van der Waals surface area contributed by atoms with Crippen LogP contribution >= 0.6 is 11.6 Å². The summed E-state index contributed by atoms with van der Waals surface area (Å²) in [4.78, 5) is 24.4. The second-order valence-corrected chi connectivity index (χ2v) is 4.86. The lowest BCUT2D eigenvalue weighted by Crippen LogP contribution is -2.44. The van der Waals surface area contributed by atoms with Gasteiger partial charge in [0, 0.05) is 5.02 Å². The largest absolute Gasteiger partial charge is 0.468 e. The Kier molecular flexibility index (Phi) is 3.80. The third-order valence-corrected chi connectivity index (χ3v) is 3.69. The van der Waals surface area contributed by atoms with E-state index < -0.39 is 17.4 Å². The third kappa shape index (κ3) is 2.10. The highest BCUT2D eigenvalue weighted by Crippen LogP contribution is 2.42. The van der Waals surface area contributed by atoms with Crippen LogP contribution in [-0.2, 0) is 30.9 Å². The number of rotatable bonds is 3. The van der Waals surface area contributed by atoms with E-state index in [0.29, 0.717) is 23.4 Å². The fourth-order valence-electron chi connectivity index (χ4n) is 2.58. The lowest BCUT2D eigenvalue weighted by Gasteiger charge is -2.24. The standard InChI is InChI=1S/C14H15ClO4/c1-3-19-13(17)14(12(16)18-2)7-6-9-8-10(15)4-5-11(9)14/h4-5,8H,3,6-7H2,1-2H3/t14-/m1/s1. The molecule has 5 heteroatoms. The van der Waals surface area contributed by atoms with Crippen molar-refractivity contribution < 1.29 is 19.1 Å². The number of aryl methyl sites for hydroxylation is 1. The molecule has 0 heterocycles.